The van der Waals surface area contributed by atoms with Gasteiger partial charge in [0.1, 0.15) is 0 Å². The van der Waals surface area contributed by atoms with Crippen LogP contribution >= 0.6 is 0 Å². The molecule has 92 valence electrons. The summed E-state index contributed by atoms with van der Waals surface area (Å²) >= 11 is 0. The first-order valence-corrected chi connectivity index (χ1v) is 5.43. The Labute approximate surface area is 95.1 Å². The highest BCUT2D eigenvalue weighted by atomic mass is 16.6. The van der Waals surface area contributed by atoms with Crippen molar-refractivity contribution in [3.63, 3.8) is 0 Å². The number of hydrogen-bond donors (Lipinski definition) is 0. The first kappa shape index (κ1) is 14.6. The molecule has 0 saturated heterocycles. The lowest BCUT2D eigenvalue weighted by atomic mass is 10.3. The molecule has 0 atom stereocenters. The SMILES string of the molecule is CCCC(=O)OCC(=O)COC(=O)CCC. The van der Waals surface area contributed by atoms with E-state index < -0.39 is 17.7 Å². The summed E-state index contributed by atoms with van der Waals surface area (Å²) in [6, 6.07) is 0. The summed E-state index contributed by atoms with van der Waals surface area (Å²) in [5, 5.41) is 0. The van der Waals surface area contributed by atoms with E-state index in [0.29, 0.717) is 25.7 Å². The van der Waals surface area contributed by atoms with Gasteiger partial charge in [0.2, 0.25) is 5.78 Å². The van der Waals surface area contributed by atoms with E-state index in [4.69, 9.17) is 0 Å². The lowest BCUT2D eigenvalue weighted by Gasteiger charge is -2.04. The molecule has 0 N–H and O–H groups in total. The first-order valence-electron chi connectivity index (χ1n) is 5.43. The molecule has 0 radical (unpaired) electrons. The second kappa shape index (κ2) is 8.88. The Hall–Kier alpha value is -1.39. The normalized spacial score (nSPS) is 9.62. The minimum Gasteiger partial charge on any atom is -0.458 e. The number of hydrogen-bond acceptors (Lipinski definition) is 5. The fourth-order valence-electron chi connectivity index (χ4n) is 0.916. The molecule has 0 aliphatic carbocycles. The predicted octanol–water partition coefficient (Wildman–Crippen LogP) is 1.24. The zero-order valence-corrected chi connectivity index (χ0v) is 9.78. The van der Waals surface area contributed by atoms with Gasteiger partial charge >= 0.3 is 11.9 Å². The van der Waals surface area contributed by atoms with E-state index in [0.717, 1.165) is 0 Å². The Kier molecular flexibility index (Phi) is 8.11. The third-order valence-electron chi connectivity index (χ3n) is 1.70. The fraction of sp³-hybridized carbons (Fsp3) is 0.727. The lowest BCUT2D eigenvalue weighted by molar-refractivity contribution is -0.153. The molecule has 0 aromatic carbocycles. The lowest BCUT2D eigenvalue weighted by Crippen LogP contribution is -2.20. The van der Waals surface area contributed by atoms with Gasteiger partial charge in [-0.25, -0.2) is 0 Å². The summed E-state index contributed by atoms with van der Waals surface area (Å²) in [4.78, 5) is 32.9. The molecule has 0 aliphatic rings. The maximum absolute atomic E-state index is 11.1. The zero-order valence-electron chi connectivity index (χ0n) is 9.78. The average Bonchev–Trinajstić information content (AvgIpc) is 2.24. The predicted molar refractivity (Wildman–Crippen MR) is 56.7 cm³/mol. The van der Waals surface area contributed by atoms with Crippen molar-refractivity contribution in [2.24, 2.45) is 0 Å². The quantitative estimate of drug-likeness (QED) is 0.587. The van der Waals surface area contributed by atoms with Gasteiger partial charge in [-0.05, 0) is 12.8 Å². The van der Waals surface area contributed by atoms with Crippen molar-refractivity contribution in [1.29, 1.82) is 0 Å². The van der Waals surface area contributed by atoms with E-state index in [2.05, 4.69) is 9.47 Å². The van der Waals surface area contributed by atoms with E-state index in [1.165, 1.54) is 0 Å². The van der Waals surface area contributed by atoms with Crippen LogP contribution in [0, 0.1) is 0 Å². The second-order valence-corrected chi connectivity index (χ2v) is 3.36. The molecule has 0 aromatic heterocycles. The number of carbonyl (C=O) groups is 3. The van der Waals surface area contributed by atoms with Crippen LogP contribution in [0.2, 0.25) is 0 Å². The Balaban J connectivity index is 3.59. The van der Waals surface area contributed by atoms with Crippen LogP contribution in [0.4, 0.5) is 0 Å². The van der Waals surface area contributed by atoms with Crippen LogP contribution in [0.1, 0.15) is 39.5 Å². The molecule has 0 bridgehead atoms. The van der Waals surface area contributed by atoms with Gasteiger partial charge in [0, 0.05) is 12.8 Å². The number of Topliss-reactive ketones (excluding diaryl/α,β-unsaturated/α-hetero) is 1. The molecule has 0 aliphatic heterocycles. The van der Waals surface area contributed by atoms with Crippen LogP contribution < -0.4 is 0 Å². The van der Waals surface area contributed by atoms with Crippen molar-refractivity contribution in [2.75, 3.05) is 13.2 Å². The molecule has 0 aromatic rings. The maximum atomic E-state index is 11.1. The largest absolute Gasteiger partial charge is 0.458 e. The van der Waals surface area contributed by atoms with Gasteiger partial charge in [-0.2, -0.15) is 0 Å². The number of carbonyl (C=O) groups excluding carboxylic acids is 3. The van der Waals surface area contributed by atoms with Crippen molar-refractivity contribution in [1.82, 2.24) is 0 Å². The summed E-state index contributed by atoms with van der Waals surface area (Å²) in [6.45, 7) is 3.04. The van der Waals surface area contributed by atoms with Crippen molar-refractivity contribution in [3.05, 3.63) is 0 Å². The Morgan fingerprint density at radius 1 is 0.812 bits per heavy atom. The number of esters is 2. The van der Waals surface area contributed by atoms with Crippen LogP contribution in [0.5, 0.6) is 0 Å². The van der Waals surface area contributed by atoms with Crippen molar-refractivity contribution in [2.45, 2.75) is 39.5 Å². The molecular weight excluding hydrogens is 212 g/mol. The van der Waals surface area contributed by atoms with Crippen molar-refractivity contribution < 1.29 is 23.9 Å². The fourth-order valence-corrected chi connectivity index (χ4v) is 0.916. The van der Waals surface area contributed by atoms with Crippen LogP contribution in [0.15, 0.2) is 0 Å². The number of rotatable bonds is 8. The van der Waals surface area contributed by atoms with Crippen molar-refractivity contribution >= 4 is 17.7 Å². The highest BCUT2D eigenvalue weighted by molar-refractivity contribution is 5.85. The summed E-state index contributed by atoms with van der Waals surface area (Å²) in [6.07, 6.45) is 1.95. The molecule has 0 heterocycles. The van der Waals surface area contributed by atoms with E-state index in [1.807, 2.05) is 13.8 Å². The maximum Gasteiger partial charge on any atom is 0.306 e. The van der Waals surface area contributed by atoms with Gasteiger partial charge in [-0.15, -0.1) is 0 Å². The van der Waals surface area contributed by atoms with E-state index in [1.54, 1.807) is 0 Å². The highest BCUT2D eigenvalue weighted by Gasteiger charge is 2.09. The summed E-state index contributed by atoms with van der Waals surface area (Å²) in [5.74, 6) is -1.22. The Morgan fingerprint density at radius 3 is 1.50 bits per heavy atom. The van der Waals surface area contributed by atoms with Crippen LogP contribution in [0.3, 0.4) is 0 Å². The molecule has 0 amide bonds. The van der Waals surface area contributed by atoms with Crippen LogP contribution in [0.25, 0.3) is 0 Å². The first-order chi connectivity index (χ1) is 7.60. The number of ketones is 1. The van der Waals surface area contributed by atoms with Crippen LogP contribution in [-0.2, 0) is 23.9 Å². The summed E-state index contributed by atoms with van der Waals surface area (Å²) in [5.41, 5.74) is 0. The Bertz CT molecular complexity index is 223. The second-order valence-electron chi connectivity index (χ2n) is 3.36. The standard InChI is InChI=1S/C11H18O5/c1-3-5-10(13)15-7-9(12)8-16-11(14)6-4-2/h3-8H2,1-2H3. The number of ether oxygens (including phenoxy) is 2. The molecule has 0 saturated carbocycles. The minimum atomic E-state index is -0.408. The van der Waals surface area contributed by atoms with Gasteiger partial charge in [0.15, 0.2) is 13.2 Å². The van der Waals surface area contributed by atoms with Gasteiger partial charge in [-0.1, -0.05) is 13.8 Å². The molecule has 0 unspecified atom stereocenters. The van der Waals surface area contributed by atoms with Gasteiger partial charge in [0.05, 0.1) is 0 Å². The topological polar surface area (TPSA) is 69.7 Å². The molecule has 0 fully saturated rings. The molecule has 5 heteroatoms. The minimum absolute atomic E-state index is 0.295. The molecule has 0 spiro atoms. The summed E-state index contributed by atoms with van der Waals surface area (Å²) < 4.78 is 9.31. The van der Waals surface area contributed by atoms with Crippen molar-refractivity contribution in [3.8, 4) is 0 Å². The zero-order chi connectivity index (χ0) is 12.4. The van der Waals surface area contributed by atoms with Gasteiger partial charge < -0.3 is 9.47 Å². The Morgan fingerprint density at radius 2 is 1.19 bits per heavy atom. The van der Waals surface area contributed by atoms with Gasteiger partial charge in [-0.3, -0.25) is 14.4 Å². The summed E-state index contributed by atoms with van der Waals surface area (Å²) in [7, 11) is 0. The smallest absolute Gasteiger partial charge is 0.306 e. The van der Waals surface area contributed by atoms with E-state index >= 15 is 0 Å². The highest BCUT2D eigenvalue weighted by Crippen LogP contribution is 1.94. The van der Waals surface area contributed by atoms with E-state index in [9.17, 15) is 14.4 Å². The van der Waals surface area contributed by atoms with Gasteiger partial charge in [0.25, 0.3) is 0 Å². The molecule has 16 heavy (non-hydrogen) atoms. The molecule has 5 nitrogen and oxygen atoms in total. The molecule has 0 rings (SSSR count). The third kappa shape index (κ3) is 7.96. The average molecular weight is 230 g/mol. The van der Waals surface area contributed by atoms with E-state index in [-0.39, 0.29) is 13.2 Å². The molecular formula is C11H18O5. The van der Waals surface area contributed by atoms with Crippen LogP contribution in [-0.4, -0.2) is 30.9 Å². The monoisotopic (exact) mass is 230 g/mol. The third-order valence-corrected chi connectivity index (χ3v) is 1.70.